The van der Waals surface area contributed by atoms with E-state index in [0.717, 1.165) is 24.3 Å². The fraction of sp³-hybridized carbons (Fsp3) is 0.333. The fourth-order valence-electron chi connectivity index (χ4n) is 3.46. The lowest BCUT2D eigenvalue weighted by atomic mass is 9.98. The van der Waals surface area contributed by atoms with Gasteiger partial charge in [-0.1, -0.05) is 36.4 Å². The molecule has 1 saturated heterocycles. The van der Waals surface area contributed by atoms with Crippen molar-refractivity contribution in [3.8, 4) is 5.75 Å². The van der Waals surface area contributed by atoms with Crippen LogP contribution in [0.5, 0.6) is 5.75 Å². The first-order valence-electron chi connectivity index (χ1n) is 7.44. The molecule has 1 N–H and O–H groups in total. The van der Waals surface area contributed by atoms with Crippen LogP contribution in [0, 0.1) is 5.92 Å². The molecule has 2 aliphatic rings. The van der Waals surface area contributed by atoms with E-state index in [1.165, 1.54) is 11.1 Å². The number of rotatable bonds is 2. The molecule has 0 unspecified atom stereocenters. The number of nitrogens with one attached hydrogen (secondary N) is 1. The first-order chi connectivity index (χ1) is 10.3. The van der Waals surface area contributed by atoms with Crippen molar-refractivity contribution in [2.45, 2.75) is 18.7 Å². The predicted octanol–water partition coefficient (Wildman–Crippen LogP) is 3.23. The quantitative estimate of drug-likeness (QED) is 0.916. The molecule has 21 heavy (non-hydrogen) atoms. The molecule has 0 amide bonds. The molecule has 3 heteroatoms. The Bertz CT molecular complexity index is 638. The van der Waals surface area contributed by atoms with E-state index in [-0.39, 0.29) is 6.23 Å². The van der Waals surface area contributed by atoms with Crippen molar-refractivity contribution in [3.63, 3.8) is 0 Å². The Kier molecular flexibility index (Phi) is 3.17. The third-order valence-electron chi connectivity index (χ3n) is 4.57. The second-order valence-corrected chi connectivity index (χ2v) is 5.79. The second-order valence-electron chi connectivity index (χ2n) is 5.79. The zero-order valence-corrected chi connectivity index (χ0v) is 12.1. The summed E-state index contributed by atoms with van der Waals surface area (Å²) in [7, 11) is 1.68. The summed E-state index contributed by atoms with van der Waals surface area (Å²) in [5.41, 5.74) is 4.04. The summed E-state index contributed by atoms with van der Waals surface area (Å²) in [6.07, 6.45) is 1.08. The van der Waals surface area contributed by atoms with Crippen molar-refractivity contribution in [1.82, 2.24) is 5.32 Å². The molecular weight excluding hydrogens is 262 g/mol. The van der Waals surface area contributed by atoms with Gasteiger partial charge in [-0.3, -0.25) is 5.32 Å². The topological polar surface area (TPSA) is 30.5 Å². The summed E-state index contributed by atoms with van der Waals surface area (Å²) in [6.45, 7) is 0.809. The molecule has 1 aliphatic carbocycles. The van der Waals surface area contributed by atoms with Gasteiger partial charge in [0.25, 0.3) is 0 Å². The highest BCUT2D eigenvalue weighted by Gasteiger charge is 2.37. The minimum Gasteiger partial charge on any atom is -0.497 e. The summed E-state index contributed by atoms with van der Waals surface area (Å²) >= 11 is 0. The number of hydrogen-bond donors (Lipinski definition) is 1. The maximum Gasteiger partial charge on any atom is 0.134 e. The van der Waals surface area contributed by atoms with Gasteiger partial charge in [0, 0.05) is 12.0 Å². The van der Waals surface area contributed by atoms with Crippen LogP contribution in [0.15, 0.2) is 48.5 Å². The van der Waals surface area contributed by atoms with E-state index in [9.17, 15) is 0 Å². The summed E-state index contributed by atoms with van der Waals surface area (Å²) in [5, 5.41) is 3.66. The molecule has 108 valence electrons. The van der Waals surface area contributed by atoms with Crippen molar-refractivity contribution in [1.29, 1.82) is 0 Å². The van der Waals surface area contributed by atoms with E-state index in [2.05, 4.69) is 41.7 Å². The zero-order valence-electron chi connectivity index (χ0n) is 12.1. The van der Waals surface area contributed by atoms with Crippen LogP contribution in [0.1, 0.15) is 29.0 Å². The van der Waals surface area contributed by atoms with Crippen molar-refractivity contribution in [2.75, 3.05) is 13.7 Å². The minimum atomic E-state index is -0.0386. The van der Waals surface area contributed by atoms with Gasteiger partial charge in [-0.15, -0.1) is 0 Å². The molecule has 3 nitrogen and oxygen atoms in total. The Morgan fingerprint density at radius 2 is 1.90 bits per heavy atom. The SMILES string of the molecule is COc1ccc([C@H]2N[C@@H]3c4ccccc4C[C@@H]3CO2)cc1. The van der Waals surface area contributed by atoms with Crippen LogP contribution in [-0.4, -0.2) is 13.7 Å². The molecule has 0 spiro atoms. The maximum atomic E-state index is 6.03. The van der Waals surface area contributed by atoms with Gasteiger partial charge >= 0.3 is 0 Å². The van der Waals surface area contributed by atoms with Crippen LogP contribution >= 0.6 is 0 Å². The second kappa shape index (κ2) is 5.17. The lowest BCUT2D eigenvalue weighted by Gasteiger charge is -2.34. The Balaban J connectivity index is 1.58. The smallest absolute Gasteiger partial charge is 0.134 e. The Hall–Kier alpha value is -1.84. The van der Waals surface area contributed by atoms with Gasteiger partial charge in [-0.2, -0.15) is 0 Å². The zero-order chi connectivity index (χ0) is 14.2. The third kappa shape index (κ3) is 2.23. The summed E-state index contributed by atoms with van der Waals surface area (Å²) in [4.78, 5) is 0. The molecule has 0 radical (unpaired) electrons. The number of methoxy groups -OCH3 is 1. The molecule has 1 fully saturated rings. The van der Waals surface area contributed by atoms with Crippen LogP contribution < -0.4 is 10.1 Å². The summed E-state index contributed by atoms with van der Waals surface area (Å²) < 4.78 is 11.2. The van der Waals surface area contributed by atoms with E-state index >= 15 is 0 Å². The predicted molar refractivity (Wildman–Crippen MR) is 81.2 cm³/mol. The maximum absolute atomic E-state index is 6.03. The molecule has 1 aliphatic heterocycles. The van der Waals surface area contributed by atoms with Crippen LogP contribution in [0.4, 0.5) is 0 Å². The lowest BCUT2D eigenvalue weighted by Crippen LogP contribution is -2.39. The first kappa shape index (κ1) is 12.9. The summed E-state index contributed by atoms with van der Waals surface area (Å²) in [5.74, 6) is 1.43. The molecule has 1 heterocycles. The van der Waals surface area contributed by atoms with Crippen LogP contribution in [0.2, 0.25) is 0 Å². The average Bonchev–Trinajstić information content (AvgIpc) is 2.93. The van der Waals surface area contributed by atoms with Gasteiger partial charge in [-0.25, -0.2) is 0 Å². The number of benzene rings is 2. The first-order valence-corrected chi connectivity index (χ1v) is 7.44. The van der Waals surface area contributed by atoms with E-state index in [1.807, 2.05) is 12.1 Å². The molecule has 0 bridgehead atoms. The monoisotopic (exact) mass is 281 g/mol. The molecule has 2 aromatic carbocycles. The van der Waals surface area contributed by atoms with Crippen molar-refractivity contribution < 1.29 is 9.47 Å². The standard InChI is InChI=1S/C18H19NO2/c1-20-15-8-6-12(7-9-15)18-19-17-14(11-21-18)10-13-4-2-3-5-16(13)17/h2-9,14,17-19H,10-11H2,1H3/t14-,17+,18+/m1/s1. The average molecular weight is 281 g/mol. The molecular formula is C18H19NO2. The van der Waals surface area contributed by atoms with Crippen molar-refractivity contribution >= 4 is 0 Å². The van der Waals surface area contributed by atoms with E-state index in [1.54, 1.807) is 7.11 Å². The number of fused-ring (bicyclic) bond motifs is 3. The van der Waals surface area contributed by atoms with Gasteiger partial charge < -0.3 is 9.47 Å². The lowest BCUT2D eigenvalue weighted by molar-refractivity contribution is -0.0494. The van der Waals surface area contributed by atoms with Crippen LogP contribution in [0.3, 0.4) is 0 Å². The van der Waals surface area contributed by atoms with Crippen molar-refractivity contribution in [2.24, 2.45) is 5.92 Å². The molecule has 0 saturated carbocycles. The van der Waals surface area contributed by atoms with E-state index in [4.69, 9.17) is 9.47 Å². The third-order valence-corrected chi connectivity index (χ3v) is 4.57. The molecule has 0 aromatic heterocycles. The Morgan fingerprint density at radius 1 is 1.10 bits per heavy atom. The fourth-order valence-corrected chi connectivity index (χ4v) is 3.46. The molecule has 2 aromatic rings. The highest BCUT2D eigenvalue weighted by Crippen LogP contribution is 2.41. The van der Waals surface area contributed by atoms with Gasteiger partial charge in [0.2, 0.25) is 0 Å². The van der Waals surface area contributed by atoms with Crippen LogP contribution in [0.25, 0.3) is 0 Å². The molecule has 3 atom stereocenters. The largest absolute Gasteiger partial charge is 0.497 e. The molecule has 4 rings (SSSR count). The van der Waals surface area contributed by atoms with E-state index < -0.39 is 0 Å². The Morgan fingerprint density at radius 3 is 2.71 bits per heavy atom. The highest BCUT2D eigenvalue weighted by molar-refractivity contribution is 5.37. The van der Waals surface area contributed by atoms with Gasteiger partial charge in [-0.05, 0) is 35.2 Å². The highest BCUT2D eigenvalue weighted by atomic mass is 16.5. The number of ether oxygens (including phenoxy) is 2. The van der Waals surface area contributed by atoms with E-state index in [0.29, 0.717) is 12.0 Å². The Labute approximate surface area is 124 Å². The normalized spacial score (nSPS) is 27.0. The van der Waals surface area contributed by atoms with Gasteiger partial charge in [0.15, 0.2) is 0 Å². The van der Waals surface area contributed by atoms with Crippen molar-refractivity contribution in [3.05, 3.63) is 65.2 Å². The number of hydrogen-bond acceptors (Lipinski definition) is 3. The summed E-state index contributed by atoms with van der Waals surface area (Å²) in [6, 6.07) is 17.2. The van der Waals surface area contributed by atoms with Gasteiger partial charge in [0.1, 0.15) is 12.0 Å². The van der Waals surface area contributed by atoms with Gasteiger partial charge in [0.05, 0.1) is 13.7 Å². The van der Waals surface area contributed by atoms with Crippen LogP contribution in [-0.2, 0) is 11.2 Å². The minimum absolute atomic E-state index is 0.0386.